The highest BCUT2D eigenvalue weighted by atomic mass is 16.5. The van der Waals surface area contributed by atoms with Gasteiger partial charge >= 0.3 is 0 Å². The monoisotopic (exact) mass is 303 g/mol. The number of rotatable bonds is 6. The third-order valence-electron chi connectivity index (χ3n) is 3.08. The average Bonchev–Trinajstić information content (AvgIpc) is 2.44. The van der Waals surface area contributed by atoms with Crippen molar-refractivity contribution >= 4 is 18.0 Å². The number of aliphatic imine (C=N–C) groups is 1. The van der Waals surface area contributed by atoms with Crippen LogP contribution in [0.5, 0.6) is 0 Å². The molecule has 1 N–H and O–H groups in total. The van der Waals surface area contributed by atoms with Crippen LogP contribution in [0.15, 0.2) is 54.0 Å². The van der Waals surface area contributed by atoms with E-state index in [1.54, 1.807) is 26.8 Å². The minimum Gasteiger partial charge on any atom is -0.477 e. The first-order chi connectivity index (χ1) is 10.3. The number of carbonyl (C=O) groups excluding carboxylic acids is 2. The van der Waals surface area contributed by atoms with E-state index < -0.39 is 5.54 Å². The molecule has 0 aliphatic carbocycles. The highest BCUT2D eigenvalue weighted by molar-refractivity contribution is 5.96. The van der Waals surface area contributed by atoms with Gasteiger partial charge in [-0.05, 0) is 26.8 Å². The summed E-state index contributed by atoms with van der Waals surface area (Å²) < 4.78 is 5.33. The lowest BCUT2D eigenvalue weighted by molar-refractivity contribution is -0.150. The zero-order chi connectivity index (χ0) is 16.8. The first kappa shape index (κ1) is 17.4. The van der Waals surface area contributed by atoms with Gasteiger partial charge in [-0.1, -0.05) is 25.3 Å². The Bertz CT molecular complexity index is 571. The number of hydrogen-bond donors (Lipinski definition) is 1. The Morgan fingerprint density at radius 3 is 2.68 bits per heavy atom. The lowest BCUT2D eigenvalue weighted by Crippen LogP contribution is -2.58. The molecule has 1 rings (SSSR count). The minimum absolute atomic E-state index is 0.0258. The zero-order valence-electron chi connectivity index (χ0n) is 13.1. The van der Waals surface area contributed by atoms with Crippen molar-refractivity contribution in [2.75, 3.05) is 6.73 Å². The molecular formula is C16H21N3O3. The van der Waals surface area contributed by atoms with Crippen LogP contribution < -0.4 is 5.32 Å². The standard InChI is InChI=1S/C16H21N3O3/c1-6-8-13(17-9-7-2)18-15(21)16(4,5)19-11-22-12(3)10-14(19)20/h6-10H,1-2,11H2,3-5H3,(H,18,21)/b13-8+,17-9-. The van der Waals surface area contributed by atoms with Crippen molar-refractivity contribution in [2.45, 2.75) is 26.3 Å². The van der Waals surface area contributed by atoms with Gasteiger partial charge in [0.05, 0.1) is 0 Å². The Labute approximate surface area is 130 Å². The number of allylic oxidation sites excluding steroid dienone is 4. The Kier molecular flexibility index (Phi) is 5.86. The summed E-state index contributed by atoms with van der Waals surface area (Å²) >= 11 is 0. The molecule has 0 atom stereocenters. The van der Waals surface area contributed by atoms with E-state index in [-0.39, 0.29) is 18.5 Å². The quantitative estimate of drug-likeness (QED) is 0.601. The highest BCUT2D eigenvalue weighted by Crippen LogP contribution is 2.20. The SMILES string of the molecule is C=C/C=N\C(=C/C=C)NC(=O)C(C)(C)N1COC(C)=CC1=O. The first-order valence-corrected chi connectivity index (χ1v) is 6.75. The van der Waals surface area contributed by atoms with Crippen LogP contribution in [-0.4, -0.2) is 35.2 Å². The van der Waals surface area contributed by atoms with Crippen molar-refractivity contribution in [1.29, 1.82) is 0 Å². The van der Waals surface area contributed by atoms with Crippen LogP contribution >= 0.6 is 0 Å². The molecule has 0 saturated carbocycles. The molecule has 6 heteroatoms. The fraction of sp³-hybridized carbons (Fsp3) is 0.312. The number of nitrogens with one attached hydrogen (secondary N) is 1. The van der Waals surface area contributed by atoms with Gasteiger partial charge in [-0.2, -0.15) is 0 Å². The zero-order valence-corrected chi connectivity index (χ0v) is 13.1. The molecule has 0 bridgehead atoms. The molecule has 0 aromatic heterocycles. The van der Waals surface area contributed by atoms with Crippen molar-refractivity contribution in [3.05, 3.63) is 49.0 Å². The maximum atomic E-state index is 12.5. The van der Waals surface area contributed by atoms with Gasteiger partial charge in [0, 0.05) is 12.3 Å². The van der Waals surface area contributed by atoms with Crippen LogP contribution in [-0.2, 0) is 14.3 Å². The molecule has 0 fully saturated rings. The Morgan fingerprint density at radius 1 is 1.45 bits per heavy atom. The van der Waals surface area contributed by atoms with Crippen LogP contribution in [0.3, 0.4) is 0 Å². The van der Waals surface area contributed by atoms with E-state index in [2.05, 4.69) is 23.5 Å². The van der Waals surface area contributed by atoms with Crippen molar-refractivity contribution in [3.8, 4) is 0 Å². The maximum absolute atomic E-state index is 12.5. The predicted molar refractivity (Wildman–Crippen MR) is 85.7 cm³/mol. The molecule has 1 aliphatic heterocycles. The van der Waals surface area contributed by atoms with E-state index in [1.807, 2.05) is 0 Å². The minimum atomic E-state index is -1.10. The molecule has 0 saturated heterocycles. The van der Waals surface area contributed by atoms with E-state index in [1.165, 1.54) is 29.3 Å². The first-order valence-electron chi connectivity index (χ1n) is 6.75. The summed E-state index contributed by atoms with van der Waals surface area (Å²) in [6.07, 6.45) is 7.35. The maximum Gasteiger partial charge on any atom is 0.253 e. The summed E-state index contributed by atoms with van der Waals surface area (Å²) in [4.78, 5) is 29.9. The molecule has 22 heavy (non-hydrogen) atoms. The summed E-state index contributed by atoms with van der Waals surface area (Å²) in [5, 5.41) is 2.66. The van der Waals surface area contributed by atoms with Crippen LogP contribution in [0, 0.1) is 0 Å². The van der Waals surface area contributed by atoms with E-state index in [0.717, 1.165) is 0 Å². The van der Waals surface area contributed by atoms with Gasteiger partial charge in [0.15, 0.2) is 6.73 Å². The molecule has 0 aromatic rings. The van der Waals surface area contributed by atoms with Gasteiger partial charge in [0.1, 0.15) is 17.1 Å². The number of carbonyl (C=O) groups is 2. The largest absolute Gasteiger partial charge is 0.477 e. The summed E-state index contributed by atoms with van der Waals surface area (Å²) in [6, 6.07) is 0. The predicted octanol–water partition coefficient (Wildman–Crippen LogP) is 1.89. The summed E-state index contributed by atoms with van der Waals surface area (Å²) in [5.74, 6) is 0.185. The molecule has 0 aromatic carbocycles. The van der Waals surface area contributed by atoms with E-state index in [0.29, 0.717) is 11.6 Å². The van der Waals surface area contributed by atoms with Crippen LogP contribution in [0.1, 0.15) is 20.8 Å². The molecule has 2 amide bonds. The van der Waals surface area contributed by atoms with Gasteiger partial charge in [0.25, 0.3) is 11.8 Å². The summed E-state index contributed by atoms with van der Waals surface area (Å²) in [5.41, 5.74) is -1.10. The van der Waals surface area contributed by atoms with Gasteiger partial charge in [-0.25, -0.2) is 4.99 Å². The van der Waals surface area contributed by atoms with Crippen molar-refractivity contribution in [2.24, 2.45) is 4.99 Å². The highest BCUT2D eigenvalue weighted by Gasteiger charge is 2.39. The lowest BCUT2D eigenvalue weighted by atomic mass is 10.0. The second kappa shape index (κ2) is 7.40. The van der Waals surface area contributed by atoms with Gasteiger partial charge in [-0.15, -0.1) is 0 Å². The van der Waals surface area contributed by atoms with Gasteiger partial charge < -0.3 is 10.1 Å². The van der Waals surface area contributed by atoms with Crippen LogP contribution in [0.4, 0.5) is 0 Å². The molecule has 0 radical (unpaired) electrons. The second-order valence-electron chi connectivity index (χ2n) is 5.11. The normalized spacial score (nSPS) is 16.1. The molecule has 0 spiro atoms. The second-order valence-corrected chi connectivity index (χ2v) is 5.11. The van der Waals surface area contributed by atoms with E-state index in [9.17, 15) is 9.59 Å². The van der Waals surface area contributed by atoms with Crippen LogP contribution in [0.2, 0.25) is 0 Å². The molecule has 118 valence electrons. The Balaban J connectivity index is 2.92. The Hall–Kier alpha value is -2.63. The van der Waals surface area contributed by atoms with Gasteiger partial charge in [0.2, 0.25) is 0 Å². The Morgan fingerprint density at radius 2 is 2.14 bits per heavy atom. The molecular weight excluding hydrogens is 282 g/mol. The van der Waals surface area contributed by atoms with Crippen molar-refractivity contribution < 1.29 is 14.3 Å². The third-order valence-corrected chi connectivity index (χ3v) is 3.08. The molecule has 1 aliphatic rings. The average molecular weight is 303 g/mol. The van der Waals surface area contributed by atoms with E-state index in [4.69, 9.17) is 4.74 Å². The van der Waals surface area contributed by atoms with Gasteiger partial charge in [-0.3, -0.25) is 14.5 Å². The number of amides is 2. The van der Waals surface area contributed by atoms with Crippen LogP contribution in [0.25, 0.3) is 0 Å². The van der Waals surface area contributed by atoms with Crippen molar-refractivity contribution in [3.63, 3.8) is 0 Å². The number of hydrogen-bond acceptors (Lipinski definition) is 4. The fourth-order valence-electron chi connectivity index (χ4n) is 1.71. The number of nitrogens with zero attached hydrogens (tertiary/aromatic N) is 2. The summed E-state index contributed by atoms with van der Waals surface area (Å²) in [6.45, 7) is 12.1. The molecule has 0 unspecified atom stereocenters. The summed E-state index contributed by atoms with van der Waals surface area (Å²) in [7, 11) is 0. The molecule has 1 heterocycles. The lowest BCUT2D eigenvalue weighted by Gasteiger charge is -2.38. The fourth-order valence-corrected chi connectivity index (χ4v) is 1.71. The third kappa shape index (κ3) is 4.18. The topological polar surface area (TPSA) is 71.0 Å². The van der Waals surface area contributed by atoms with E-state index >= 15 is 0 Å². The smallest absolute Gasteiger partial charge is 0.253 e. The molecule has 6 nitrogen and oxygen atoms in total. The van der Waals surface area contributed by atoms with Crippen molar-refractivity contribution in [1.82, 2.24) is 10.2 Å². The number of ether oxygens (including phenoxy) is 1.